The van der Waals surface area contributed by atoms with Gasteiger partial charge >= 0.3 is 11.9 Å². The van der Waals surface area contributed by atoms with Gasteiger partial charge in [-0.05, 0) is 30.7 Å². The van der Waals surface area contributed by atoms with Crippen molar-refractivity contribution in [2.45, 2.75) is 70.6 Å². The third-order valence-electron chi connectivity index (χ3n) is 5.11. The maximum Gasteiger partial charge on any atom is 0.314 e. The van der Waals surface area contributed by atoms with Crippen molar-refractivity contribution >= 4 is 11.9 Å². The first-order valence-corrected chi connectivity index (χ1v) is 8.99. The van der Waals surface area contributed by atoms with E-state index < -0.39 is 17.4 Å². The molecule has 0 saturated heterocycles. The van der Waals surface area contributed by atoms with E-state index in [0.29, 0.717) is 12.8 Å². The van der Waals surface area contributed by atoms with Crippen molar-refractivity contribution < 1.29 is 19.8 Å². The average Bonchev–Trinajstić information content (AvgIpc) is 2.57. The van der Waals surface area contributed by atoms with Crippen LogP contribution < -0.4 is 0 Å². The van der Waals surface area contributed by atoms with Crippen LogP contribution in [-0.2, 0) is 15.0 Å². The molecule has 0 radical (unpaired) electrons. The van der Waals surface area contributed by atoms with E-state index in [1.54, 1.807) is 0 Å². The Morgan fingerprint density at radius 1 is 1.00 bits per heavy atom. The van der Waals surface area contributed by atoms with E-state index >= 15 is 0 Å². The molecule has 2 atom stereocenters. The smallest absolute Gasteiger partial charge is 0.314 e. The lowest BCUT2D eigenvalue weighted by molar-refractivity contribution is -0.147. The van der Waals surface area contributed by atoms with Gasteiger partial charge in [0.15, 0.2) is 0 Å². The first-order chi connectivity index (χ1) is 11.5. The minimum Gasteiger partial charge on any atom is -0.481 e. The third-order valence-corrected chi connectivity index (χ3v) is 5.11. The molecule has 0 fully saturated rings. The number of hydrogen-bond donors (Lipinski definition) is 2. The Bertz CT molecular complexity index is 512. The Balaban J connectivity index is 2.76. The van der Waals surface area contributed by atoms with Crippen LogP contribution in [0.3, 0.4) is 0 Å². The highest BCUT2D eigenvalue weighted by Gasteiger charge is 2.44. The van der Waals surface area contributed by atoms with Gasteiger partial charge in [-0.3, -0.25) is 9.59 Å². The second-order valence-corrected chi connectivity index (χ2v) is 6.45. The number of hydrogen-bond acceptors (Lipinski definition) is 2. The van der Waals surface area contributed by atoms with Crippen molar-refractivity contribution in [3.8, 4) is 0 Å². The van der Waals surface area contributed by atoms with Crippen LogP contribution in [0.15, 0.2) is 30.3 Å². The molecular formula is C20H30O4. The van der Waals surface area contributed by atoms with Gasteiger partial charge in [-0.2, -0.15) is 0 Å². The summed E-state index contributed by atoms with van der Waals surface area (Å²) in [5, 5.41) is 18.7. The zero-order valence-corrected chi connectivity index (χ0v) is 14.8. The molecule has 0 saturated carbocycles. The van der Waals surface area contributed by atoms with E-state index in [1.165, 1.54) is 0 Å². The zero-order valence-electron chi connectivity index (χ0n) is 14.8. The summed E-state index contributed by atoms with van der Waals surface area (Å²) < 4.78 is 0. The molecule has 24 heavy (non-hydrogen) atoms. The number of benzene rings is 1. The first kappa shape index (κ1) is 20.2. The lowest BCUT2D eigenvalue weighted by atomic mass is 9.65. The van der Waals surface area contributed by atoms with Crippen molar-refractivity contribution in [2.75, 3.05) is 0 Å². The summed E-state index contributed by atoms with van der Waals surface area (Å²) in [6, 6.07) is 9.57. The summed E-state index contributed by atoms with van der Waals surface area (Å²) in [7, 11) is 0. The Kier molecular flexibility index (Phi) is 8.51. The Morgan fingerprint density at radius 3 is 2.12 bits per heavy atom. The van der Waals surface area contributed by atoms with Crippen LogP contribution in [0.4, 0.5) is 0 Å². The van der Waals surface area contributed by atoms with E-state index in [0.717, 1.165) is 37.7 Å². The maximum atomic E-state index is 12.2. The maximum absolute atomic E-state index is 12.2. The molecule has 4 nitrogen and oxygen atoms in total. The number of rotatable bonds is 12. The number of aliphatic carboxylic acids is 2. The highest BCUT2D eigenvalue weighted by molar-refractivity contribution is 5.81. The molecule has 0 aliphatic heterocycles. The van der Waals surface area contributed by atoms with Gasteiger partial charge in [0, 0.05) is 6.42 Å². The predicted molar refractivity (Wildman–Crippen MR) is 95.2 cm³/mol. The fraction of sp³-hybridized carbons (Fsp3) is 0.600. The molecule has 1 aromatic carbocycles. The van der Waals surface area contributed by atoms with Crippen LogP contribution in [0, 0.1) is 5.92 Å². The standard InChI is InChI=1S/C20H30O4/c1-3-16(12-8-5-6-11-15-18(21)22)20(4-2,19(23)24)17-13-9-7-10-14-17/h7,9-10,13-14,16H,3-6,8,11-12,15H2,1-2H3,(H,21,22)(H,23,24). The van der Waals surface area contributed by atoms with E-state index in [2.05, 4.69) is 6.92 Å². The van der Waals surface area contributed by atoms with Crippen molar-refractivity contribution in [1.82, 2.24) is 0 Å². The van der Waals surface area contributed by atoms with Crippen LogP contribution in [0.5, 0.6) is 0 Å². The summed E-state index contributed by atoms with van der Waals surface area (Å²) in [6.07, 6.45) is 5.96. The van der Waals surface area contributed by atoms with Gasteiger partial charge in [0.05, 0.1) is 5.41 Å². The van der Waals surface area contributed by atoms with Crippen molar-refractivity contribution in [1.29, 1.82) is 0 Å². The first-order valence-electron chi connectivity index (χ1n) is 8.99. The van der Waals surface area contributed by atoms with E-state index in [1.807, 2.05) is 37.3 Å². The highest BCUT2D eigenvalue weighted by atomic mass is 16.4. The van der Waals surface area contributed by atoms with Crippen molar-refractivity contribution in [3.63, 3.8) is 0 Å². The van der Waals surface area contributed by atoms with Gasteiger partial charge in [0.2, 0.25) is 0 Å². The molecule has 0 heterocycles. The summed E-state index contributed by atoms with van der Waals surface area (Å²) in [5.74, 6) is -1.41. The minimum atomic E-state index is -0.836. The number of carbonyl (C=O) groups is 2. The molecule has 4 heteroatoms. The van der Waals surface area contributed by atoms with Gasteiger partial charge < -0.3 is 10.2 Å². The van der Waals surface area contributed by atoms with E-state index in [4.69, 9.17) is 5.11 Å². The fourth-order valence-corrected chi connectivity index (χ4v) is 3.73. The Morgan fingerprint density at radius 2 is 1.62 bits per heavy atom. The molecule has 2 N–H and O–H groups in total. The lowest BCUT2D eigenvalue weighted by Crippen LogP contribution is -2.42. The summed E-state index contributed by atoms with van der Waals surface area (Å²) in [4.78, 5) is 22.7. The monoisotopic (exact) mass is 334 g/mol. The van der Waals surface area contributed by atoms with Gasteiger partial charge in [0.1, 0.15) is 0 Å². The van der Waals surface area contributed by atoms with Gasteiger partial charge in [-0.1, -0.05) is 69.9 Å². The minimum absolute atomic E-state index is 0.0851. The molecule has 2 unspecified atom stereocenters. The summed E-state index contributed by atoms with van der Waals surface area (Å²) in [6.45, 7) is 4.02. The summed E-state index contributed by atoms with van der Waals surface area (Å²) >= 11 is 0. The number of carboxylic acid groups (broad SMARTS) is 2. The second-order valence-electron chi connectivity index (χ2n) is 6.45. The largest absolute Gasteiger partial charge is 0.481 e. The summed E-state index contributed by atoms with van der Waals surface area (Å²) in [5.41, 5.74) is 0.0505. The molecule has 1 rings (SSSR count). The molecular weight excluding hydrogens is 304 g/mol. The average molecular weight is 334 g/mol. The molecule has 0 aromatic heterocycles. The van der Waals surface area contributed by atoms with Crippen LogP contribution in [-0.4, -0.2) is 22.2 Å². The Hall–Kier alpha value is -1.84. The predicted octanol–water partition coefficient (Wildman–Crippen LogP) is 4.87. The van der Waals surface area contributed by atoms with Gasteiger partial charge in [-0.25, -0.2) is 0 Å². The van der Waals surface area contributed by atoms with Gasteiger partial charge in [0.25, 0.3) is 0 Å². The second kappa shape index (κ2) is 10.1. The highest BCUT2D eigenvalue weighted by Crippen LogP contribution is 2.41. The van der Waals surface area contributed by atoms with E-state index in [-0.39, 0.29) is 12.3 Å². The van der Waals surface area contributed by atoms with Crippen LogP contribution in [0.25, 0.3) is 0 Å². The van der Waals surface area contributed by atoms with Crippen molar-refractivity contribution in [2.24, 2.45) is 5.92 Å². The number of unbranched alkanes of at least 4 members (excludes halogenated alkanes) is 3. The van der Waals surface area contributed by atoms with Crippen LogP contribution >= 0.6 is 0 Å². The number of carboxylic acids is 2. The van der Waals surface area contributed by atoms with Crippen LogP contribution in [0.2, 0.25) is 0 Å². The fourth-order valence-electron chi connectivity index (χ4n) is 3.73. The molecule has 134 valence electrons. The SMILES string of the molecule is CCC(CCCCCCC(=O)O)C(CC)(C(=O)O)c1ccccc1. The Labute approximate surface area is 144 Å². The van der Waals surface area contributed by atoms with Crippen LogP contribution in [0.1, 0.15) is 70.8 Å². The van der Waals surface area contributed by atoms with Gasteiger partial charge in [-0.15, -0.1) is 0 Å². The molecule has 0 aliphatic carbocycles. The normalized spacial score (nSPS) is 14.8. The molecule has 0 spiro atoms. The van der Waals surface area contributed by atoms with Crippen molar-refractivity contribution in [3.05, 3.63) is 35.9 Å². The molecule has 0 bridgehead atoms. The molecule has 1 aromatic rings. The van der Waals surface area contributed by atoms with E-state index in [9.17, 15) is 14.7 Å². The zero-order chi connectivity index (χ0) is 18.0. The quantitative estimate of drug-likeness (QED) is 0.535. The lowest BCUT2D eigenvalue weighted by Gasteiger charge is -2.37. The third kappa shape index (κ3) is 5.08. The topological polar surface area (TPSA) is 74.6 Å². The molecule has 0 amide bonds. The molecule has 0 aliphatic rings.